The molecule has 1 N–H and O–H groups in total. The molecule has 1 aliphatic rings. The maximum Gasteiger partial charge on any atom is 0.434 e. The van der Waals surface area contributed by atoms with Crippen LogP contribution in [0.1, 0.15) is 0 Å². The highest BCUT2D eigenvalue weighted by Gasteiger charge is 2.38. The van der Waals surface area contributed by atoms with Gasteiger partial charge < -0.3 is 10.1 Å². The second kappa shape index (κ2) is 2.44. The molecule has 0 aliphatic carbocycles. The van der Waals surface area contributed by atoms with Gasteiger partial charge in [0.2, 0.25) is 6.23 Å². The second-order valence-electron chi connectivity index (χ2n) is 1.87. The van der Waals surface area contributed by atoms with E-state index in [1.807, 2.05) is 5.32 Å². The molecule has 0 aromatic rings. The minimum absolute atomic E-state index is 0.245. The number of hydrogen-bond acceptors (Lipinski definition) is 3. The molecule has 0 spiro atoms. The Morgan fingerprint density at radius 2 is 2.27 bits per heavy atom. The quantitative estimate of drug-likeness (QED) is 0.579. The van der Waals surface area contributed by atoms with Crippen molar-refractivity contribution >= 4 is 6.29 Å². The maximum atomic E-state index is 11.7. The van der Waals surface area contributed by atoms with Gasteiger partial charge in [-0.15, -0.1) is 0 Å². The van der Waals surface area contributed by atoms with Gasteiger partial charge in [-0.25, -0.2) is 0 Å². The molecule has 0 bridgehead atoms. The number of halogens is 3. The Hall–Kier alpha value is -1.20. The summed E-state index contributed by atoms with van der Waals surface area (Å²) in [6.45, 7) is 0. The zero-order valence-electron chi connectivity index (χ0n) is 5.18. The molecule has 11 heavy (non-hydrogen) atoms. The first kappa shape index (κ1) is 7.90. The zero-order chi connectivity index (χ0) is 8.48. The van der Waals surface area contributed by atoms with Crippen molar-refractivity contribution in [2.75, 3.05) is 0 Å². The van der Waals surface area contributed by atoms with Gasteiger partial charge in [-0.3, -0.25) is 4.79 Å². The van der Waals surface area contributed by atoms with Crippen molar-refractivity contribution in [2.24, 2.45) is 0 Å². The van der Waals surface area contributed by atoms with Gasteiger partial charge >= 0.3 is 6.18 Å². The molecule has 0 saturated heterocycles. The van der Waals surface area contributed by atoms with Crippen molar-refractivity contribution in [2.45, 2.75) is 12.4 Å². The largest absolute Gasteiger partial charge is 0.469 e. The number of aldehydes is 1. The van der Waals surface area contributed by atoms with Crippen LogP contribution in [0.2, 0.25) is 0 Å². The average molecular weight is 167 g/mol. The predicted octanol–water partition coefficient (Wildman–Crippen LogP) is 0.535. The second-order valence-corrected chi connectivity index (χ2v) is 1.87. The fraction of sp³-hybridized carbons (Fsp3) is 0.400. The number of allylic oxidation sites excluding steroid dienone is 1. The first-order chi connectivity index (χ1) is 5.04. The summed E-state index contributed by atoms with van der Waals surface area (Å²) in [4.78, 5) is 9.89. The average Bonchev–Trinajstić information content (AvgIpc) is 2.32. The van der Waals surface area contributed by atoms with Gasteiger partial charge in [0.1, 0.15) is 6.26 Å². The number of alkyl halides is 3. The van der Waals surface area contributed by atoms with Gasteiger partial charge in [-0.05, 0) is 0 Å². The number of nitrogens with one attached hydrogen (secondary N) is 1. The van der Waals surface area contributed by atoms with Crippen LogP contribution in [-0.2, 0) is 9.53 Å². The SMILES string of the molecule is O=CC1NC(C(F)(F)F)=CO1. The van der Waals surface area contributed by atoms with E-state index in [9.17, 15) is 18.0 Å². The summed E-state index contributed by atoms with van der Waals surface area (Å²) in [6, 6.07) is 0. The molecule has 6 heteroatoms. The van der Waals surface area contributed by atoms with E-state index >= 15 is 0 Å². The summed E-state index contributed by atoms with van der Waals surface area (Å²) in [5.74, 6) is 0. The summed E-state index contributed by atoms with van der Waals surface area (Å²) in [6.07, 6.45) is -4.95. The third kappa shape index (κ3) is 1.63. The number of carbonyl (C=O) groups excluding carboxylic acids is 1. The highest BCUT2D eigenvalue weighted by Crippen LogP contribution is 2.26. The third-order valence-corrected chi connectivity index (χ3v) is 1.06. The van der Waals surface area contributed by atoms with Crippen molar-refractivity contribution in [3.05, 3.63) is 12.0 Å². The fourth-order valence-electron chi connectivity index (χ4n) is 0.577. The van der Waals surface area contributed by atoms with Crippen molar-refractivity contribution in [3.63, 3.8) is 0 Å². The molecule has 0 radical (unpaired) electrons. The molecule has 0 fully saturated rings. The summed E-state index contributed by atoms with van der Waals surface area (Å²) in [5.41, 5.74) is -1.03. The summed E-state index contributed by atoms with van der Waals surface area (Å²) in [7, 11) is 0. The van der Waals surface area contributed by atoms with Gasteiger partial charge in [0.25, 0.3) is 0 Å². The van der Waals surface area contributed by atoms with E-state index in [0.717, 1.165) is 0 Å². The minimum Gasteiger partial charge on any atom is -0.469 e. The highest BCUT2D eigenvalue weighted by atomic mass is 19.4. The Kier molecular flexibility index (Phi) is 1.76. The number of hydrogen-bond donors (Lipinski definition) is 1. The molecule has 3 nitrogen and oxygen atoms in total. The number of carbonyl (C=O) groups is 1. The lowest BCUT2D eigenvalue weighted by atomic mass is 10.5. The van der Waals surface area contributed by atoms with Crippen LogP contribution >= 0.6 is 0 Å². The zero-order valence-corrected chi connectivity index (χ0v) is 5.18. The van der Waals surface area contributed by atoms with Crippen molar-refractivity contribution in [1.82, 2.24) is 5.32 Å². The van der Waals surface area contributed by atoms with Gasteiger partial charge in [0, 0.05) is 0 Å². The maximum absolute atomic E-state index is 11.7. The van der Waals surface area contributed by atoms with E-state index in [0.29, 0.717) is 6.26 Å². The molecule has 1 atom stereocenters. The molecule has 1 rings (SSSR count). The monoisotopic (exact) mass is 167 g/mol. The van der Waals surface area contributed by atoms with Crippen LogP contribution in [0.5, 0.6) is 0 Å². The Balaban J connectivity index is 2.59. The first-order valence-electron chi connectivity index (χ1n) is 2.68. The summed E-state index contributed by atoms with van der Waals surface area (Å²) in [5, 5.41) is 1.83. The van der Waals surface area contributed by atoms with E-state index in [1.54, 1.807) is 0 Å². The van der Waals surface area contributed by atoms with Crippen molar-refractivity contribution in [3.8, 4) is 0 Å². The fourth-order valence-corrected chi connectivity index (χ4v) is 0.577. The molecule has 62 valence electrons. The lowest BCUT2D eigenvalue weighted by molar-refractivity contribution is -0.116. The molecule has 1 unspecified atom stereocenters. The first-order valence-corrected chi connectivity index (χ1v) is 2.68. The van der Waals surface area contributed by atoms with Crippen LogP contribution in [0.25, 0.3) is 0 Å². The summed E-state index contributed by atoms with van der Waals surface area (Å²) >= 11 is 0. The molecule has 1 heterocycles. The van der Waals surface area contributed by atoms with Gasteiger partial charge in [0.05, 0.1) is 0 Å². The van der Waals surface area contributed by atoms with Crippen LogP contribution in [0, 0.1) is 0 Å². The van der Waals surface area contributed by atoms with Crippen LogP contribution in [-0.4, -0.2) is 18.7 Å². The summed E-state index contributed by atoms with van der Waals surface area (Å²) < 4.78 is 39.5. The number of ether oxygens (including phenoxy) is 1. The minimum atomic E-state index is -4.47. The Bertz CT molecular complexity index is 198. The van der Waals surface area contributed by atoms with Crippen molar-refractivity contribution in [1.29, 1.82) is 0 Å². The molecule has 1 aliphatic heterocycles. The van der Waals surface area contributed by atoms with E-state index in [2.05, 4.69) is 4.74 Å². The van der Waals surface area contributed by atoms with Crippen LogP contribution in [0.3, 0.4) is 0 Å². The van der Waals surface area contributed by atoms with Gasteiger partial charge in [-0.1, -0.05) is 0 Å². The molecular weight excluding hydrogens is 163 g/mol. The van der Waals surface area contributed by atoms with E-state index in [4.69, 9.17) is 0 Å². The molecule has 0 aromatic heterocycles. The number of rotatable bonds is 1. The van der Waals surface area contributed by atoms with E-state index in [1.165, 1.54) is 0 Å². The molecule has 0 aromatic carbocycles. The van der Waals surface area contributed by atoms with E-state index in [-0.39, 0.29) is 6.29 Å². The lowest BCUT2D eigenvalue weighted by Gasteiger charge is -2.07. The van der Waals surface area contributed by atoms with Crippen LogP contribution in [0.15, 0.2) is 12.0 Å². The van der Waals surface area contributed by atoms with Crippen LogP contribution < -0.4 is 5.32 Å². The Labute approximate surface area is 59.8 Å². The Morgan fingerprint density at radius 1 is 1.64 bits per heavy atom. The molecular formula is C5H4F3NO2. The topological polar surface area (TPSA) is 38.3 Å². The lowest BCUT2D eigenvalue weighted by Crippen LogP contribution is -2.31. The molecule has 0 amide bonds. The van der Waals surface area contributed by atoms with E-state index < -0.39 is 18.1 Å². The highest BCUT2D eigenvalue weighted by molar-refractivity contribution is 5.57. The molecule has 0 saturated carbocycles. The van der Waals surface area contributed by atoms with Gasteiger partial charge in [-0.2, -0.15) is 13.2 Å². The standard InChI is InChI=1S/C5H4F3NO2/c6-5(7,8)3-2-11-4(1-10)9-3/h1-2,4,9H. The smallest absolute Gasteiger partial charge is 0.434 e. The van der Waals surface area contributed by atoms with Crippen molar-refractivity contribution < 1.29 is 22.7 Å². The van der Waals surface area contributed by atoms with Gasteiger partial charge in [0.15, 0.2) is 12.0 Å². The van der Waals surface area contributed by atoms with Crippen LogP contribution in [0.4, 0.5) is 13.2 Å². The Morgan fingerprint density at radius 3 is 2.55 bits per heavy atom. The normalized spacial score (nSPS) is 23.5. The predicted molar refractivity (Wildman–Crippen MR) is 28.2 cm³/mol. The third-order valence-electron chi connectivity index (χ3n) is 1.06.